The number of aromatic nitrogens is 3. The maximum atomic E-state index is 4.31. The van der Waals surface area contributed by atoms with Crippen LogP contribution in [-0.4, -0.2) is 21.4 Å². The van der Waals surface area contributed by atoms with Gasteiger partial charge in [0, 0.05) is 19.0 Å². The number of thioether (sulfide) groups is 1. The van der Waals surface area contributed by atoms with Gasteiger partial charge >= 0.3 is 0 Å². The minimum absolute atomic E-state index is 0.846. The van der Waals surface area contributed by atoms with Crippen molar-refractivity contribution >= 4 is 29.1 Å². The Morgan fingerprint density at radius 1 is 1.50 bits per heavy atom. The first-order chi connectivity index (χ1) is 7.78. The third kappa shape index (κ3) is 2.93. The van der Waals surface area contributed by atoms with E-state index in [1.165, 1.54) is 17.1 Å². The lowest BCUT2D eigenvalue weighted by molar-refractivity contribution is 1.10. The fourth-order valence-corrected chi connectivity index (χ4v) is 2.77. The fourth-order valence-electron chi connectivity index (χ4n) is 1.18. The molecule has 0 fully saturated rings. The number of nitrogens with zero attached hydrogens (tertiary/aromatic N) is 3. The van der Waals surface area contributed by atoms with Crippen molar-refractivity contribution in [1.82, 2.24) is 14.3 Å². The molecule has 0 radical (unpaired) electrons. The van der Waals surface area contributed by atoms with E-state index in [1.54, 1.807) is 11.8 Å². The Labute approximate surface area is 103 Å². The third-order valence-corrected chi connectivity index (χ3v) is 3.95. The van der Waals surface area contributed by atoms with Crippen LogP contribution in [0.15, 0.2) is 22.7 Å². The van der Waals surface area contributed by atoms with Gasteiger partial charge in [0.2, 0.25) is 0 Å². The summed E-state index contributed by atoms with van der Waals surface area (Å²) in [5.41, 5.74) is 1.23. The van der Waals surface area contributed by atoms with E-state index in [0.717, 1.165) is 21.7 Å². The zero-order valence-electron chi connectivity index (χ0n) is 9.10. The van der Waals surface area contributed by atoms with Gasteiger partial charge in [-0.05, 0) is 36.2 Å². The van der Waals surface area contributed by atoms with Crippen molar-refractivity contribution in [2.24, 2.45) is 0 Å². The van der Waals surface area contributed by atoms with Crippen molar-refractivity contribution in [2.45, 2.75) is 17.0 Å². The maximum Gasteiger partial charge on any atom is 0.170 e. The first-order valence-corrected chi connectivity index (χ1v) is 6.59. The lowest BCUT2D eigenvalue weighted by Crippen LogP contribution is -1.92. The molecule has 1 N–H and O–H groups in total. The summed E-state index contributed by atoms with van der Waals surface area (Å²) in [5.74, 6) is 2.64. The van der Waals surface area contributed by atoms with Crippen LogP contribution in [0, 0.1) is 6.92 Å². The van der Waals surface area contributed by atoms with E-state index in [2.05, 4.69) is 19.7 Å². The number of anilines is 1. The molecule has 0 atom stereocenters. The van der Waals surface area contributed by atoms with Crippen LogP contribution in [0.1, 0.15) is 11.4 Å². The highest BCUT2D eigenvalue weighted by atomic mass is 32.2. The molecule has 2 rings (SSSR count). The molecule has 0 bridgehead atoms. The van der Waals surface area contributed by atoms with Crippen molar-refractivity contribution in [3.63, 3.8) is 0 Å². The van der Waals surface area contributed by atoms with Gasteiger partial charge in [-0.2, -0.15) is 4.37 Å². The van der Waals surface area contributed by atoms with Crippen LogP contribution in [-0.2, 0) is 5.75 Å². The highest BCUT2D eigenvalue weighted by molar-refractivity contribution is 8.00. The molecular weight excluding hydrogens is 240 g/mol. The first-order valence-electron chi connectivity index (χ1n) is 4.84. The van der Waals surface area contributed by atoms with Crippen molar-refractivity contribution in [3.8, 4) is 0 Å². The number of hydrogen-bond acceptors (Lipinski definition) is 6. The number of nitrogens with one attached hydrogen (secondary N) is 1. The normalized spacial score (nSPS) is 10.4. The van der Waals surface area contributed by atoms with Gasteiger partial charge in [-0.1, -0.05) is 11.8 Å². The van der Waals surface area contributed by atoms with Crippen LogP contribution in [0.2, 0.25) is 0 Å². The molecule has 2 heterocycles. The van der Waals surface area contributed by atoms with Gasteiger partial charge < -0.3 is 5.32 Å². The van der Waals surface area contributed by atoms with E-state index in [0.29, 0.717) is 0 Å². The average molecular weight is 252 g/mol. The summed E-state index contributed by atoms with van der Waals surface area (Å²) in [6.45, 7) is 1.91. The van der Waals surface area contributed by atoms with Gasteiger partial charge in [0.15, 0.2) is 4.34 Å². The van der Waals surface area contributed by atoms with Crippen LogP contribution in [0.25, 0.3) is 0 Å². The summed E-state index contributed by atoms with van der Waals surface area (Å²) in [6.07, 6.45) is 1.81. The second-order valence-corrected chi connectivity index (χ2v) is 5.17. The van der Waals surface area contributed by atoms with Gasteiger partial charge in [-0.25, -0.2) is 9.97 Å². The minimum Gasteiger partial charge on any atom is -0.373 e. The SMILES string of the molecule is CNc1cc(CSc2nc(C)ns2)ccn1. The van der Waals surface area contributed by atoms with Gasteiger partial charge in [0.05, 0.1) is 0 Å². The molecule has 84 valence electrons. The highest BCUT2D eigenvalue weighted by Gasteiger charge is 2.02. The van der Waals surface area contributed by atoms with Gasteiger partial charge in [0.25, 0.3) is 0 Å². The van der Waals surface area contributed by atoms with Crippen LogP contribution in [0.3, 0.4) is 0 Å². The number of rotatable bonds is 4. The Morgan fingerprint density at radius 3 is 3.06 bits per heavy atom. The Kier molecular flexibility index (Phi) is 3.74. The molecule has 6 heteroatoms. The number of hydrogen-bond donors (Lipinski definition) is 1. The van der Waals surface area contributed by atoms with Crippen LogP contribution in [0.4, 0.5) is 5.82 Å². The molecular formula is C10H12N4S2. The lowest BCUT2D eigenvalue weighted by atomic mass is 10.3. The molecule has 16 heavy (non-hydrogen) atoms. The monoisotopic (exact) mass is 252 g/mol. The summed E-state index contributed by atoms with van der Waals surface area (Å²) in [4.78, 5) is 8.48. The zero-order chi connectivity index (χ0) is 11.4. The van der Waals surface area contributed by atoms with Gasteiger partial charge in [-0.15, -0.1) is 0 Å². The molecule has 0 aliphatic rings. The predicted molar refractivity (Wildman–Crippen MR) is 68.0 cm³/mol. The lowest BCUT2D eigenvalue weighted by Gasteiger charge is -2.02. The van der Waals surface area contributed by atoms with Crippen molar-refractivity contribution in [2.75, 3.05) is 12.4 Å². The molecule has 2 aromatic heterocycles. The molecule has 0 amide bonds. The Bertz CT molecular complexity index is 469. The minimum atomic E-state index is 0.846. The van der Waals surface area contributed by atoms with Crippen LogP contribution in [0.5, 0.6) is 0 Å². The fraction of sp³-hybridized carbons (Fsp3) is 0.300. The molecule has 0 aliphatic carbocycles. The van der Waals surface area contributed by atoms with Crippen LogP contribution < -0.4 is 5.32 Å². The Balaban J connectivity index is 1.99. The molecule has 0 aliphatic heterocycles. The standard InChI is InChI=1S/C10H12N4S2/c1-7-13-10(16-14-7)15-6-8-3-4-12-9(5-8)11-2/h3-5H,6H2,1-2H3,(H,11,12). The largest absolute Gasteiger partial charge is 0.373 e. The van der Waals surface area contributed by atoms with E-state index >= 15 is 0 Å². The first kappa shape index (κ1) is 11.3. The van der Waals surface area contributed by atoms with Crippen molar-refractivity contribution < 1.29 is 0 Å². The van der Waals surface area contributed by atoms with Gasteiger partial charge in [0.1, 0.15) is 11.6 Å². The quantitative estimate of drug-likeness (QED) is 0.848. The maximum absolute atomic E-state index is 4.31. The molecule has 0 spiro atoms. The third-order valence-electron chi connectivity index (χ3n) is 1.95. The van der Waals surface area contributed by atoms with E-state index < -0.39 is 0 Å². The summed E-state index contributed by atoms with van der Waals surface area (Å²) in [6, 6.07) is 4.06. The number of pyridine rings is 1. The smallest absolute Gasteiger partial charge is 0.170 e. The molecule has 4 nitrogen and oxygen atoms in total. The Hall–Kier alpha value is -1.14. The van der Waals surface area contributed by atoms with Crippen LogP contribution >= 0.6 is 23.3 Å². The summed E-state index contributed by atoms with van der Waals surface area (Å²) in [7, 11) is 1.87. The topological polar surface area (TPSA) is 50.7 Å². The molecule has 0 unspecified atom stereocenters. The summed E-state index contributed by atoms with van der Waals surface area (Å²) >= 11 is 3.15. The van der Waals surface area contributed by atoms with E-state index in [9.17, 15) is 0 Å². The van der Waals surface area contributed by atoms with E-state index in [4.69, 9.17) is 0 Å². The summed E-state index contributed by atoms with van der Waals surface area (Å²) < 4.78 is 5.16. The van der Waals surface area contributed by atoms with Crippen molar-refractivity contribution in [3.05, 3.63) is 29.7 Å². The number of aryl methyl sites for hydroxylation is 1. The molecule has 2 aromatic rings. The zero-order valence-corrected chi connectivity index (χ0v) is 10.7. The predicted octanol–water partition coefficient (Wildman–Crippen LogP) is 2.58. The molecule has 0 saturated carbocycles. The van der Waals surface area contributed by atoms with E-state index in [-0.39, 0.29) is 0 Å². The average Bonchev–Trinajstić information content (AvgIpc) is 2.73. The van der Waals surface area contributed by atoms with E-state index in [1.807, 2.05) is 32.3 Å². The van der Waals surface area contributed by atoms with Crippen molar-refractivity contribution in [1.29, 1.82) is 0 Å². The second-order valence-electron chi connectivity index (χ2n) is 3.20. The highest BCUT2D eigenvalue weighted by Crippen LogP contribution is 2.24. The van der Waals surface area contributed by atoms with Gasteiger partial charge in [-0.3, -0.25) is 0 Å². The summed E-state index contributed by atoms with van der Waals surface area (Å²) in [5, 5.41) is 3.02. The molecule has 0 aromatic carbocycles. The second kappa shape index (κ2) is 5.27. The molecule has 0 saturated heterocycles. The Morgan fingerprint density at radius 2 is 2.38 bits per heavy atom.